The van der Waals surface area contributed by atoms with Crippen LogP contribution in [-0.4, -0.2) is 10.9 Å². The summed E-state index contributed by atoms with van der Waals surface area (Å²) in [7, 11) is 0. The van der Waals surface area contributed by atoms with Crippen molar-refractivity contribution in [3.8, 4) is 11.5 Å². The fourth-order valence-electron chi connectivity index (χ4n) is 1.29. The van der Waals surface area contributed by atoms with Gasteiger partial charge in [-0.05, 0) is 30.3 Å². The average molecular weight is 293 g/mol. The number of aromatic nitrogens is 1. The largest absolute Gasteiger partial charge is 0.456 e. The summed E-state index contributed by atoms with van der Waals surface area (Å²) < 4.78 is 6.52. The van der Waals surface area contributed by atoms with Gasteiger partial charge in [0.15, 0.2) is 0 Å². The van der Waals surface area contributed by atoms with Crippen LogP contribution in [0.15, 0.2) is 47.2 Å². The normalized spacial score (nSPS) is 9.94. The molecule has 0 bridgehead atoms. The van der Waals surface area contributed by atoms with Gasteiger partial charge in [0.1, 0.15) is 17.1 Å². The van der Waals surface area contributed by atoms with Gasteiger partial charge in [0.05, 0.1) is 0 Å². The van der Waals surface area contributed by atoms with E-state index in [-0.39, 0.29) is 5.56 Å². The van der Waals surface area contributed by atoms with Crippen molar-refractivity contribution < 1.29 is 9.53 Å². The van der Waals surface area contributed by atoms with Gasteiger partial charge in [0.25, 0.3) is 5.91 Å². The van der Waals surface area contributed by atoms with E-state index in [9.17, 15) is 4.79 Å². The highest BCUT2D eigenvalue weighted by Gasteiger charge is 2.09. The number of hydrogen-bond acceptors (Lipinski definition) is 3. The molecule has 0 fully saturated rings. The lowest BCUT2D eigenvalue weighted by Gasteiger charge is -2.08. The quantitative estimate of drug-likeness (QED) is 0.946. The Bertz CT molecular complexity index is 540. The summed E-state index contributed by atoms with van der Waals surface area (Å²) in [6.07, 6.45) is 2.93. The molecule has 0 saturated heterocycles. The van der Waals surface area contributed by atoms with Crippen LogP contribution in [0.1, 0.15) is 10.4 Å². The Morgan fingerprint density at radius 3 is 2.59 bits per heavy atom. The molecule has 1 aromatic carbocycles. The smallest absolute Gasteiger partial charge is 0.254 e. The summed E-state index contributed by atoms with van der Waals surface area (Å²) in [5, 5.41) is 0. The second-order valence-corrected chi connectivity index (χ2v) is 4.21. The van der Waals surface area contributed by atoms with Gasteiger partial charge in [-0.15, -0.1) is 0 Å². The van der Waals surface area contributed by atoms with Crippen molar-refractivity contribution in [1.29, 1.82) is 0 Å². The summed E-state index contributed by atoms with van der Waals surface area (Å²) >= 11 is 3.33. The van der Waals surface area contributed by atoms with E-state index in [0.29, 0.717) is 11.5 Å². The predicted molar refractivity (Wildman–Crippen MR) is 67.0 cm³/mol. The van der Waals surface area contributed by atoms with Crippen molar-refractivity contribution in [3.63, 3.8) is 0 Å². The fourth-order valence-corrected chi connectivity index (χ4v) is 1.55. The third kappa shape index (κ3) is 2.82. The summed E-state index contributed by atoms with van der Waals surface area (Å²) in [5.41, 5.74) is 5.49. The predicted octanol–water partition coefficient (Wildman–Crippen LogP) is 2.74. The van der Waals surface area contributed by atoms with Crippen LogP contribution in [0.3, 0.4) is 0 Å². The molecule has 5 heteroatoms. The molecule has 1 amide bonds. The molecule has 0 saturated carbocycles. The Balaban J connectivity index is 2.30. The molecule has 0 aliphatic heterocycles. The molecule has 0 aliphatic carbocycles. The first-order valence-corrected chi connectivity index (χ1v) is 5.63. The van der Waals surface area contributed by atoms with Crippen LogP contribution in [0.2, 0.25) is 0 Å². The lowest BCUT2D eigenvalue weighted by atomic mass is 10.2. The Kier molecular flexibility index (Phi) is 3.39. The fraction of sp³-hybridized carbons (Fsp3) is 0. The minimum atomic E-state index is -0.565. The topological polar surface area (TPSA) is 65.2 Å². The highest BCUT2D eigenvalue weighted by atomic mass is 79.9. The van der Waals surface area contributed by atoms with Gasteiger partial charge in [0.2, 0.25) is 0 Å². The standard InChI is InChI=1S/C12H9BrN2O2/c13-8-1-3-9(4-2-8)17-11-5-6-15-7-10(11)12(14)16/h1-7H,(H2,14,16). The third-order valence-corrected chi connectivity index (χ3v) is 2.62. The molecule has 1 aromatic heterocycles. The number of carbonyl (C=O) groups is 1. The van der Waals surface area contributed by atoms with E-state index in [1.807, 2.05) is 12.1 Å². The molecular weight excluding hydrogens is 284 g/mol. The number of hydrogen-bond donors (Lipinski definition) is 1. The molecule has 4 nitrogen and oxygen atoms in total. The van der Waals surface area contributed by atoms with Gasteiger partial charge in [0, 0.05) is 16.9 Å². The zero-order chi connectivity index (χ0) is 12.3. The highest BCUT2D eigenvalue weighted by molar-refractivity contribution is 9.10. The SMILES string of the molecule is NC(=O)c1cnccc1Oc1ccc(Br)cc1. The molecule has 0 radical (unpaired) electrons. The monoisotopic (exact) mass is 292 g/mol. The van der Waals surface area contributed by atoms with Gasteiger partial charge in [-0.1, -0.05) is 15.9 Å². The number of primary amides is 1. The number of benzene rings is 1. The maximum atomic E-state index is 11.2. The molecule has 17 heavy (non-hydrogen) atoms. The van der Waals surface area contributed by atoms with Crippen LogP contribution in [0.25, 0.3) is 0 Å². The maximum absolute atomic E-state index is 11.2. The first-order chi connectivity index (χ1) is 8.16. The Morgan fingerprint density at radius 1 is 1.24 bits per heavy atom. The number of pyridine rings is 1. The van der Waals surface area contributed by atoms with Gasteiger partial charge in [-0.3, -0.25) is 9.78 Å². The number of rotatable bonds is 3. The lowest BCUT2D eigenvalue weighted by Crippen LogP contribution is -2.12. The molecule has 86 valence electrons. The Morgan fingerprint density at radius 2 is 1.94 bits per heavy atom. The van der Waals surface area contributed by atoms with E-state index in [1.54, 1.807) is 24.4 Å². The maximum Gasteiger partial charge on any atom is 0.254 e. The Hall–Kier alpha value is -1.88. The van der Waals surface area contributed by atoms with E-state index in [2.05, 4.69) is 20.9 Å². The van der Waals surface area contributed by atoms with Gasteiger partial charge in [-0.25, -0.2) is 0 Å². The van der Waals surface area contributed by atoms with Crippen LogP contribution >= 0.6 is 15.9 Å². The van der Waals surface area contributed by atoms with Crippen LogP contribution in [0, 0.1) is 0 Å². The minimum absolute atomic E-state index is 0.260. The van der Waals surface area contributed by atoms with E-state index in [0.717, 1.165) is 4.47 Å². The van der Waals surface area contributed by atoms with Crippen molar-refractivity contribution in [2.75, 3.05) is 0 Å². The second-order valence-electron chi connectivity index (χ2n) is 3.29. The zero-order valence-electron chi connectivity index (χ0n) is 8.76. The van der Waals surface area contributed by atoms with Crippen molar-refractivity contribution in [3.05, 3.63) is 52.8 Å². The number of carbonyl (C=O) groups excluding carboxylic acids is 1. The van der Waals surface area contributed by atoms with Crippen molar-refractivity contribution >= 4 is 21.8 Å². The van der Waals surface area contributed by atoms with Crippen molar-refractivity contribution in [1.82, 2.24) is 4.98 Å². The number of nitrogens with zero attached hydrogens (tertiary/aromatic N) is 1. The van der Waals surface area contributed by atoms with Crippen LogP contribution in [-0.2, 0) is 0 Å². The number of halogens is 1. The summed E-state index contributed by atoms with van der Waals surface area (Å²) in [4.78, 5) is 15.0. The first kappa shape index (κ1) is 11.6. The molecule has 0 atom stereocenters. The summed E-state index contributed by atoms with van der Waals surface area (Å²) in [6, 6.07) is 8.87. The van der Waals surface area contributed by atoms with Crippen molar-refractivity contribution in [2.24, 2.45) is 5.73 Å². The number of amides is 1. The van der Waals surface area contributed by atoms with Crippen LogP contribution < -0.4 is 10.5 Å². The number of ether oxygens (including phenoxy) is 1. The van der Waals surface area contributed by atoms with Crippen molar-refractivity contribution in [2.45, 2.75) is 0 Å². The summed E-state index contributed by atoms with van der Waals surface area (Å²) in [5.74, 6) is 0.460. The molecule has 0 spiro atoms. The van der Waals surface area contributed by atoms with E-state index >= 15 is 0 Å². The molecular formula is C12H9BrN2O2. The van der Waals surface area contributed by atoms with Gasteiger partial charge >= 0.3 is 0 Å². The Labute approximate surface area is 107 Å². The zero-order valence-corrected chi connectivity index (χ0v) is 10.3. The van der Waals surface area contributed by atoms with Gasteiger partial charge in [-0.2, -0.15) is 0 Å². The second kappa shape index (κ2) is 4.97. The number of nitrogens with two attached hydrogens (primary N) is 1. The summed E-state index contributed by atoms with van der Waals surface area (Å²) in [6.45, 7) is 0. The lowest BCUT2D eigenvalue weighted by molar-refractivity contribution is 0.0997. The minimum Gasteiger partial charge on any atom is -0.456 e. The van der Waals surface area contributed by atoms with Crippen LogP contribution in [0.5, 0.6) is 11.5 Å². The first-order valence-electron chi connectivity index (χ1n) is 4.84. The molecule has 0 unspecified atom stereocenters. The van der Waals surface area contributed by atoms with E-state index < -0.39 is 5.91 Å². The molecule has 1 heterocycles. The van der Waals surface area contributed by atoms with E-state index in [1.165, 1.54) is 6.20 Å². The average Bonchev–Trinajstić information content (AvgIpc) is 2.32. The molecule has 2 N–H and O–H groups in total. The third-order valence-electron chi connectivity index (χ3n) is 2.09. The highest BCUT2D eigenvalue weighted by Crippen LogP contribution is 2.25. The van der Waals surface area contributed by atoms with Gasteiger partial charge < -0.3 is 10.5 Å². The molecule has 2 aromatic rings. The molecule has 2 rings (SSSR count). The van der Waals surface area contributed by atoms with E-state index in [4.69, 9.17) is 10.5 Å². The van der Waals surface area contributed by atoms with Crippen LogP contribution in [0.4, 0.5) is 0 Å². The molecule has 0 aliphatic rings.